The van der Waals surface area contributed by atoms with Crippen molar-refractivity contribution in [2.75, 3.05) is 29.5 Å². The van der Waals surface area contributed by atoms with Gasteiger partial charge in [0.15, 0.2) is 9.84 Å². The van der Waals surface area contributed by atoms with Gasteiger partial charge in [0.05, 0.1) is 22.8 Å². The molecule has 0 amide bonds. The molecule has 0 spiro atoms. The van der Waals surface area contributed by atoms with Crippen LogP contribution in [0.5, 0.6) is 0 Å². The van der Waals surface area contributed by atoms with Crippen molar-refractivity contribution in [2.24, 2.45) is 0 Å². The minimum Gasteiger partial charge on any atom is -0.478 e. The normalized spacial score (nSPS) is 18.6. The van der Waals surface area contributed by atoms with E-state index in [-0.39, 0.29) is 17.1 Å². The number of carboxylic acid groups (broad SMARTS) is 1. The van der Waals surface area contributed by atoms with Crippen LogP contribution in [0.3, 0.4) is 0 Å². The SMILES string of the molecule is Cc1cccc(C(=O)O)c1N1CCS(=O)(=O)CC1. The van der Waals surface area contributed by atoms with Crippen LogP contribution < -0.4 is 4.90 Å². The molecule has 98 valence electrons. The van der Waals surface area contributed by atoms with Gasteiger partial charge in [0.1, 0.15) is 0 Å². The van der Waals surface area contributed by atoms with E-state index in [0.29, 0.717) is 18.8 Å². The second-order valence-corrected chi connectivity index (χ2v) is 6.72. The van der Waals surface area contributed by atoms with Crippen LogP contribution in [-0.4, -0.2) is 44.1 Å². The first-order chi connectivity index (χ1) is 8.41. The number of hydrogen-bond acceptors (Lipinski definition) is 4. The molecular formula is C12H15NO4S. The van der Waals surface area contributed by atoms with Crippen LogP contribution in [0.2, 0.25) is 0 Å². The standard InChI is InChI=1S/C12H15NO4S/c1-9-3-2-4-10(12(14)15)11(9)13-5-7-18(16,17)8-6-13/h2-4H,5-8H2,1H3,(H,14,15). The van der Waals surface area contributed by atoms with E-state index in [1.54, 1.807) is 12.1 Å². The fourth-order valence-corrected chi connectivity index (χ4v) is 3.39. The molecule has 0 aliphatic carbocycles. The van der Waals surface area contributed by atoms with Gasteiger partial charge in [-0.2, -0.15) is 0 Å². The Labute approximate surface area is 106 Å². The molecule has 0 saturated carbocycles. The monoisotopic (exact) mass is 269 g/mol. The quantitative estimate of drug-likeness (QED) is 0.864. The minimum absolute atomic E-state index is 0.0837. The van der Waals surface area contributed by atoms with Gasteiger partial charge >= 0.3 is 5.97 Å². The topological polar surface area (TPSA) is 74.7 Å². The molecule has 0 unspecified atom stereocenters. The van der Waals surface area contributed by atoms with Crippen LogP contribution in [0.1, 0.15) is 15.9 Å². The van der Waals surface area contributed by atoms with Gasteiger partial charge in [0.25, 0.3) is 0 Å². The molecule has 18 heavy (non-hydrogen) atoms. The van der Waals surface area contributed by atoms with Gasteiger partial charge in [0.2, 0.25) is 0 Å². The molecule has 2 rings (SSSR count). The number of nitrogens with zero attached hydrogens (tertiary/aromatic N) is 1. The van der Waals surface area contributed by atoms with Crippen LogP contribution in [0.25, 0.3) is 0 Å². The van der Waals surface area contributed by atoms with Crippen molar-refractivity contribution in [3.8, 4) is 0 Å². The smallest absolute Gasteiger partial charge is 0.337 e. The molecule has 5 nitrogen and oxygen atoms in total. The van der Waals surface area contributed by atoms with E-state index in [1.165, 1.54) is 0 Å². The third-order valence-corrected chi connectivity index (χ3v) is 4.74. The second-order valence-electron chi connectivity index (χ2n) is 4.42. The molecule has 1 aromatic rings. The van der Waals surface area contributed by atoms with Gasteiger partial charge in [-0.25, -0.2) is 13.2 Å². The number of aryl methyl sites for hydroxylation is 1. The third-order valence-electron chi connectivity index (χ3n) is 3.13. The van der Waals surface area contributed by atoms with E-state index < -0.39 is 15.8 Å². The zero-order valence-electron chi connectivity index (χ0n) is 10.1. The number of carboxylic acids is 1. The van der Waals surface area contributed by atoms with E-state index in [2.05, 4.69) is 0 Å². The number of para-hydroxylation sites is 1. The van der Waals surface area contributed by atoms with Crippen LogP contribution in [-0.2, 0) is 9.84 Å². The first-order valence-electron chi connectivity index (χ1n) is 5.69. The Morgan fingerprint density at radius 3 is 2.44 bits per heavy atom. The maximum Gasteiger partial charge on any atom is 0.337 e. The molecular weight excluding hydrogens is 254 g/mol. The van der Waals surface area contributed by atoms with Crippen molar-refractivity contribution >= 4 is 21.5 Å². The maximum absolute atomic E-state index is 11.4. The van der Waals surface area contributed by atoms with Crippen LogP contribution in [0, 0.1) is 6.92 Å². The number of carbonyl (C=O) groups is 1. The first-order valence-corrected chi connectivity index (χ1v) is 7.51. The van der Waals surface area contributed by atoms with E-state index in [9.17, 15) is 18.3 Å². The fourth-order valence-electron chi connectivity index (χ4n) is 2.19. The number of benzene rings is 1. The van der Waals surface area contributed by atoms with E-state index in [4.69, 9.17) is 0 Å². The second kappa shape index (κ2) is 4.61. The average molecular weight is 269 g/mol. The molecule has 1 aromatic carbocycles. The predicted molar refractivity (Wildman–Crippen MR) is 69.0 cm³/mol. The summed E-state index contributed by atoms with van der Waals surface area (Å²) in [6, 6.07) is 5.08. The predicted octanol–water partition coefficient (Wildman–Crippen LogP) is 0.928. The lowest BCUT2D eigenvalue weighted by molar-refractivity contribution is 0.0697. The average Bonchev–Trinajstić information content (AvgIpc) is 2.29. The van der Waals surface area contributed by atoms with E-state index in [0.717, 1.165) is 5.56 Å². The molecule has 1 saturated heterocycles. The molecule has 6 heteroatoms. The van der Waals surface area contributed by atoms with Gasteiger partial charge in [-0.1, -0.05) is 12.1 Å². The summed E-state index contributed by atoms with van der Waals surface area (Å²) >= 11 is 0. The molecule has 0 radical (unpaired) electrons. The molecule has 0 atom stereocenters. The summed E-state index contributed by atoms with van der Waals surface area (Å²) in [6.45, 7) is 2.55. The van der Waals surface area contributed by atoms with E-state index >= 15 is 0 Å². The van der Waals surface area contributed by atoms with Crippen molar-refractivity contribution in [2.45, 2.75) is 6.92 Å². The highest BCUT2D eigenvalue weighted by atomic mass is 32.2. The summed E-state index contributed by atoms with van der Waals surface area (Å²) in [4.78, 5) is 13.0. The zero-order valence-corrected chi connectivity index (χ0v) is 10.9. The molecule has 1 N–H and O–H groups in total. The van der Waals surface area contributed by atoms with Gasteiger partial charge in [0, 0.05) is 13.1 Å². The highest BCUT2D eigenvalue weighted by Gasteiger charge is 2.25. The number of sulfone groups is 1. The minimum atomic E-state index is -2.96. The summed E-state index contributed by atoms with van der Waals surface area (Å²) in [5.74, 6) is -0.817. The van der Waals surface area contributed by atoms with Crippen LogP contribution >= 0.6 is 0 Å². The Kier molecular flexibility index (Phi) is 3.30. The molecule has 1 aliphatic rings. The van der Waals surface area contributed by atoms with Gasteiger partial charge in [-0.15, -0.1) is 0 Å². The number of aromatic carboxylic acids is 1. The summed E-state index contributed by atoms with van der Waals surface area (Å²) < 4.78 is 22.8. The summed E-state index contributed by atoms with van der Waals surface area (Å²) in [7, 11) is -2.96. The molecule has 0 bridgehead atoms. The molecule has 1 heterocycles. The maximum atomic E-state index is 11.4. The van der Waals surface area contributed by atoms with E-state index in [1.807, 2.05) is 17.9 Å². The Hall–Kier alpha value is -1.56. The number of rotatable bonds is 2. The van der Waals surface area contributed by atoms with Crippen molar-refractivity contribution < 1.29 is 18.3 Å². The Bertz CT molecular complexity index is 566. The van der Waals surface area contributed by atoms with Gasteiger partial charge in [-0.3, -0.25) is 0 Å². The fraction of sp³-hybridized carbons (Fsp3) is 0.417. The number of hydrogen-bond donors (Lipinski definition) is 1. The molecule has 1 aliphatic heterocycles. The van der Waals surface area contributed by atoms with Crippen molar-refractivity contribution in [3.63, 3.8) is 0 Å². The molecule has 0 aromatic heterocycles. The Morgan fingerprint density at radius 1 is 1.28 bits per heavy atom. The Balaban J connectivity index is 2.37. The van der Waals surface area contributed by atoms with Crippen molar-refractivity contribution in [1.29, 1.82) is 0 Å². The lowest BCUT2D eigenvalue weighted by atomic mass is 10.1. The summed E-state index contributed by atoms with van der Waals surface area (Å²) in [6.07, 6.45) is 0. The summed E-state index contributed by atoms with van der Waals surface area (Å²) in [5, 5.41) is 9.18. The van der Waals surface area contributed by atoms with Crippen LogP contribution in [0.15, 0.2) is 18.2 Å². The van der Waals surface area contributed by atoms with Crippen molar-refractivity contribution in [1.82, 2.24) is 0 Å². The first kappa shape index (κ1) is 12.9. The van der Waals surface area contributed by atoms with Gasteiger partial charge < -0.3 is 10.0 Å². The Morgan fingerprint density at radius 2 is 1.89 bits per heavy atom. The largest absolute Gasteiger partial charge is 0.478 e. The highest BCUT2D eigenvalue weighted by molar-refractivity contribution is 7.91. The third kappa shape index (κ3) is 2.48. The van der Waals surface area contributed by atoms with Gasteiger partial charge in [-0.05, 0) is 18.6 Å². The van der Waals surface area contributed by atoms with Crippen molar-refractivity contribution in [3.05, 3.63) is 29.3 Å². The lowest BCUT2D eigenvalue weighted by Gasteiger charge is -2.31. The molecule has 1 fully saturated rings. The zero-order chi connectivity index (χ0) is 13.3. The lowest BCUT2D eigenvalue weighted by Crippen LogP contribution is -2.41. The van der Waals surface area contributed by atoms with Crippen LogP contribution in [0.4, 0.5) is 5.69 Å². The number of anilines is 1. The highest BCUT2D eigenvalue weighted by Crippen LogP contribution is 2.26. The summed E-state index contributed by atoms with van der Waals surface area (Å²) in [5.41, 5.74) is 1.73.